The van der Waals surface area contributed by atoms with E-state index in [-0.39, 0.29) is 0 Å². The van der Waals surface area contributed by atoms with Gasteiger partial charge in [0, 0.05) is 6.42 Å². The Morgan fingerprint density at radius 1 is 0.842 bits per heavy atom. The van der Waals surface area contributed by atoms with E-state index in [1.54, 1.807) is 0 Å². The van der Waals surface area contributed by atoms with Crippen LogP contribution < -0.4 is 0 Å². The molecule has 3 aromatic rings. The Kier molecular flexibility index (Phi) is 3.41. The van der Waals surface area contributed by atoms with Gasteiger partial charge < -0.3 is 4.98 Å². The zero-order valence-corrected chi connectivity index (χ0v) is 10.7. The molecule has 0 aliphatic rings. The minimum absolute atomic E-state index is 0.849. The first-order valence-electron chi connectivity index (χ1n) is 6.54. The first-order valence-corrected chi connectivity index (χ1v) is 6.54. The Balaban J connectivity index is 1.62. The minimum atomic E-state index is 0.849. The molecular formula is C17H16N2. The summed E-state index contributed by atoms with van der Waals surface area (Å²) >= 11 is 0. The predicted molar refractivity (Wildman–Crippen MR) is 79.1 cm³/mol. The molecule has 0 saturated heterocycles. The molecule has 0 radical (unpaired) electrons. The molecule has 1 N–H and O–H groups in total. The van der Waals surface area contributed by atoms with Crippen LogP contribution in [0.3, 0.4) is 0 Å². The number of rotatable bonds is 4. The van der Waals surface area contributed by atoms with Crippen molar-refractivity contribution in [2.24, 2.45) is 0 Å². The Labute approximate surface area is 112 Å². The van der Waals surface area contributed by atoms with Crippen molar-refractivity contribution in [1.82, 2.24) is 9.97 Å². The second-order valence-corrected chi connectivity index (χ2v) is 4.57. The fourth-order valence-electron chi connectivity index (χ4n) is 2.13. The number of imidazole rings is 1. The average Bonchev–Trinajstić information content (AvgIpc) is 2.87. The Morgan fingerprint density at radius 2 is 1.58 bits per heavy atom. The van der Waals surface area contributed by atoms with Gasteiger partial charge in [-0.2, -0.15) is 0 Å². The highest BCUT2D eigenvalue weighted by Crippen LogP contribution is 2.10. The molecule has 0 aliphatic heterocycles. The number of H-pyrrole nitrogens is 1. The molecule has 2 nitrogen and oxygen atoms in total. The number of hydrogen-bond donors (Lipinski definition) is 1. The number of allylic oxidation sites excluding steroid dienone is 2. The number of hydrogen-bond acceptors (Lipinski definition) is 1. The van der Waals surface area contributed by atoms with Crippen LogP contribution in [0.2, 0.25) is 0 Å². The van der Waals surface area contributed by atoms with Gasteiger partial charge in [0.05, 0.1) is 11.0 Å². The maximum Gasteiger partial charge on any atom is 0.111 e. The zero-order valence-electron chi connectivity index (χ0n) is 10.7. The molecule has 0 saturated carbocycles. The number of aromatic amines is 1. The third kappa shape index (κ3) is 2.91. The van der Waals surface area contributed by atoms with Gasteiger partial charge in [-0.25, -0.2) is 4.98 Å². The second-order valence-electron chi connectivity index (χ2n) is 4.57. The van der Waals surface area contributed by atoms with Crippen molar-refractivity contribution in [3.8, 4) is 0 Å². The molecule has 3 rings (SSSR count). The Hall–Kier alpha value is -2.35. The number of benzene rings is 2. The van der Waals surface area contributed by atoms with Gasteiger partial charge in [-0.3, -0.25) is 0 Å². The number of nitrogens with zero attached hydrogens (tertiary/aromatic N) is 1. The standard InChI is InChI=1S/C17H16N2/c1-2-8-14(9-3-1)10-4-7-13-17-18-15-11-5-6-12-16(15)19-17/h1-9,11-12H,10,13H2,(H,18,19). The molecule has 2 heteroatoms. The summed E-state index contributed by atoms with van der Waals surface area (Å²) in [6, 6.07) is 18.6. The van der Waals surface area contributed by atoms with Crippen LogP contribution >= 0.6 is 0 Å². The summed E-state index contributed by atoms with van der Waals surface area (Å²) < 4.78 is 0. The van der Waals surface area contributed by atoms with Crippen LogP contribution in [0.1, 0.15) is 11.4 Å². The van der Waals surface area contributed by atoms with Crippen molar-refractivity contribution < 1.29 is 0 Å². The van der Waals surface area contributed by atoms with Crippen LogP contribution in [0, 0.1) is 0 Å². The van der Waals surface area contributed by atoms with E-state index in [0.717, 1.165) is 29.7 Å². The summed E-state index contributed by atoms with van der Waals surface area (Å²) in [5.74, 6) is 1.02. The summed E-state index contributed by atoms with van der Waals surface area (Å²) in [7, 11) is 0. The highest BCUT2D eigenvalue weighted by atomic mass is 14.9. The number of nitrogens with one attached hydrogen (secondary N) is 1. The zero-order chi connectivity index (χ0) is 12.9. The molecular weight excluding hydrogens is 232 g/mol. The van der Waals surface area contributed by atoms with Gasteiger partial charge in [-0.05, 0) is 24.1 Å². The van der Waals surface area contributed by atoms with E-state index in [0.29, 0.717) is 0 Å². The Bertz CT molecular complexity index is 648. The molecule has 1 heterocycles. The molecule has 0 atom stereocenters. The fourth-order valence-corrected chi connectivity index (χ4v) is 2.13. The lowest BCUT2D eigenvalue weighted by Gasteiger charge is -1.94. The number of fused-ring (bicyclic) bond motifs is 1. The largest absolute Gasteiger partial charge is 0.342 e. The quantitative estimate of drug-likeness (QED) is 0.697. The molecule has 0 unspecified atom stereocenters. The molecule has 0 amide bonds. The molecule has 0 aliphatic carbocycles. The van der Waals surface area contributed by atoms with Crippen molar-refractivity contribution in [1.29, 1.82) is 0 Å². The van der Waals surface area contributed by atoms with Gasteiger partial charge in [-0.1, -0.05) is 54.6 Å². The van der Waals surface area contributed by atoms with Gasteiger partial charge >= 0.3 is 0 Å². The van der Waals surface area contributed by atoms with Crippen molar-refractivity contribution in [3.63, 3.8) is 0 Å². The van der Waals surface area contributed by atoms with Gasteiger partial charge in [0.2, 0.25) is 0 Å². The van der Waals surface area contributed by atoms with Crippen LogP contribution in [0.25, 0.3) is 11.0 Å². The summed E-state index contributed by atoms with van der Waals surface area (Å²) in [6.45, 7) is 0. The average molecular weight is 248 g/mol. The normalized spacial score (nSPS) is 11.4. The van der Waals surface area contributed by atoms with E-state index in [1.165, 1.54) is 5.56 Å². The Morgan fingerprint density at radius 3 is 2.42 bits per heavy atom. The van der Waals surface area contributed by atoms with Crippen LogP contribution in [0.15, 0.2) is 66.7 Å². The topological polar surface area (TPSA) is 28.7 Å². The maximum absolute atomic E-state index is 4.55. The van der Waals surface area contributed by atoms with E-state index >= 15 is 0 Å². The summed E-state index contributed by atoms with van der Waals surface area (Å²) in [6.07, 6.45) is 6.19. The number of para-hydroxylation sites is 2. The van der Waals surface area contributed by atoms with Crippen LogP contribution in [0.5, 0.6) is 0 Å². The van der Waals surface area contributed by atoms with Crippen molar-refractivity contribution in [2.75, 3.05) is 0 Å². The lowest BCUT2D eigenvalue weighted by Crippen LogP contribution is -1.84. The lowest BCUT2D eigenvalue weighted by atomic mass is 10.1. The molecule has 1 aromatic heterocycles. The molecule has 0 spiro atoms. The van der Waals surface area contributed by atoms with Crippen molar-refractivity contribution in [2.45, 2.75) is 12.8 Å². The third-order valence-corrected chi connectivity index (χ3v) is 3.11. The first kappa shape index (κ1) is 11.7. The van der Waals surface area contributed by atoms with Crippen LogP contribution in [-0.2, 0) is 12.8 Å². The first-order chi connectivity index (χ1) is 9.42. The molecule has 0 fully saturated rings. The number of aromatic nitrogens is 2. The molecule has 94 valence electrons. The highest BCUT2D eigenvalue weighted by Gasteiger charge is 1.98. The lowest BCUT2D eigenvalue weighted by molar-refractivity contribution is 1.06. The summed E-state index contributed by atoms with van der Waals surface area (Å²) in [5.41, 5.74) is 3.48. The van der Waals surface area contributed by atoms with E-state index in [9.17, 15) is 0 Å². The van der Waals surface area contributed by atoms with Crippen molar-refractivity contribution >= 4 is 11.0 Å². The summed E-state index contributed by atoms with van der Waals surface area (Å²) in [4.78, 5) is 7.88. The maximum atomic E-state index is 4.55. The minimum Gasteiger partial charge on any atom is -0.342 e. The van der Waals surface area contributed by atoms with E-state index in [4.69, 9.17) is 0 Å². The van der Waals surface area contributed by atoms with E-state index < -0.39 is 0 Å². The molecule has 0 bridgehead atoms. The predicted octanol–water partition coefficient (Wildman–Crippen LogP) is 3.90. The van der Waals surface area contributed by atoms with E-state index in [1.807, 2.05) is 24.3 Å². The van der Waals surface area contributed by atoms with E-state index in [2.05, 4.69) is 52.5 Å². The SMILES string of the molecule is C(=CCc1nc2ccccc2[nH]1)Cc1ccccc1. The monoisotopic (exact) mass is 248 g/mol. The fraction of sp³-hybridized carbons (Fsp3) is 0.118. The van der Waals surface area contributed by atoms with Crippen LogP contribution in [0.4, 0.5) is 0 Å². The van der Waals surface area contributed by atoms with Crippen molar-refractivity contribution in [3.05, 3.63) is 78.1 Å². The van der Waals surface area contributed by atoms with Gasteiger partial charge in [0.1, 0.15) is 5.82 Å². The van der Waals surface area contributed by atoms with Gasteiger partial charge in [-0.15, -0.1) is 0 Å². The van der Waals surface area contributed by atoms with Crippen LogP contribution in [-0.4, -0.2) is 9.97 Å². The van der Waals surface area contributed by atoms with Gasteiger partial charge in [0.25, 0.3) is 0 Å². The third-order valence-electron chi connectivity index (χ3n) is 3.11. The second kappa shape index (κ2) is 5.53. The smallest absolute Gasteiger partial charge is 0.111 e. The van der Waals surface area contributed by atoms with Gasteiger partial charge in [0.15, 0.2) is 0 Å². The summed E-state index contributed by atoms with van der Waals surface area (Å²) in [5, 5.41) is 0. The molecule has 19 heavy (non-hydrogen) atoms. The highest BCUT2D eigenvalue weighted by molar-refractivity contribution is 5.74. The molecule has 2 aromatic carbocycles.